The second-order valence-electron chi connectivity index (χ2n) is 5.77. The lowest BCUT2D eigenvalue weighted by Crippen LogP contribution is -2.48. The van der Waals surface area contributed by atoms with Crippen LogP contribution in [-0.4, -0.2) is 50.5 Å². The van der Waals surface area contributed by atoms with Crippen LogP contribution in [0.25, 0.3) is 0 Å². The number of aliphatic hydroxyl groups excluding tert-OH is 1. The van der Waals surface area contributed by atoms with Crippen molar-refractivity contribution in [2.45, 2.75) is 5.92 Å². The Morgan fingerprint density at radius 1 is 1.45 bits per heavy atom. The molecule has 0 radical (unpaired) electrons. The number of hydrogen-bond donors (Lipinski definition) is 1. The largest absolute Gasteiger partial charge is 0.497 e. The average molecular weight is 342 g/mol. The number of likely N-dealkylation sites (N-methyl/N-ethyl adjacent to an activating group) is 1. The molecule has 0 spiro atoms. The van der Waals surface area contributed by atoms with Crippen molar-refractivity contribution < 1.29 is 14.6 Å². The highest BCUT2D eigenvalue weighted by Gasteiger charge is 2.41. The molecule has 110 valence electrons. The monoisotopic (exact) mass is 341 g/mol. The fourth-order valence-electron chi connectivity index (χ4n) is 3.50. The zero-order chi connectivity index (χ0) is 14.3. The van der Waals surface area contributed by atoms with Gasteiger partial charge in [0.1, 0.15) is 11.5 Å². The number of ether oxygens (including phenoxy) is 2. The fraction of sp³-hybridized carbons (Fsp3) is 0.600. The van der Waals surface area contributed by atoms with Gasteiger partial charge >= 0.3 is 0 Å². The minimum absolute atomic E-state index is 0.218. The molecule has 3 rings (SSSR count). The Labute approximate surface area is 127 Å². The summed E-state index contributed by atoms with van der Waals surface area (Å²) in [5.74, 6) is 2.81. The van der Waals surface area contributed by atoms with E-state index < -0.39 is 0 Å². The van der Waals surface area contributed by atoms with Gasteiger partial charge in [0.05, 0.1) is 18.2 Å². The molecule has 5 heteroatoms. The maximum absolute atomic E-state index is 9.63. The van der Waals surface area contributed by atoms with Gasteiger partial charge in [-0.05, 0) is 35.1 Å². The molecule has 20 heavy (non-hydrogen) atoms. The molecule has 0 bridgehead atoms. The smallest absolute Gasteiger partial charge is 0.137 e. The van der Waals surface area contributed by atoms with E-state index in [2.05, 4.69) is 33.9 Å². The molecule has 1 fully saturated rings. The van der Waals surface area contributed by atoms with Crippen LogP contribution < -0.4 is 9.47 Å². The van der Waals surface area contributed by atoms with Gasteiger partial charge in [-0.2, -0.15) is 0 Å². The third-order valence-electron chi connectivity index (χ3n) is 4.51. The van der Waals surface area contributed by atoms with E-state index in [1.54, 1.807) is 7.11 Å². The maximum Gasteiger partial charge on any atom is 0.137 e. The lowest BCUT2D eigenvalue weighted by atomic mass is 9.73. The first-order chi connectivity index (χ1) is 9.63. The fourth-order valence-corrected chi connectivity index (χ4v) is 4.07. The normalized spacial score (nSPS) is 29.3. The first-order valence-electron chi connectivity index (χ1n) is 6.93. The summed E-state index contributed by atoms with van der Waals surface area (Å²) in [6.07, 6.45) is 0. The number of likely N-dealkylation sites (tertiary alicyclic amines) is 1. The molecule has 2 aliphatic rings. The summed E-state index contributed by atoms with van der Waals surface area (Å²) in [5.41, 5.74) is 1.19. The quantitative estimate of drug-likeness (QED) is 0.894. The molecule has 3 atom stereocenters. The minimum atomic E-state index is 0.218. The van der Waals surface area contributed by atoms with Crippen molar-refractivity contribution in [3.63, 3.8) is 0 Å². The van der Waals surface area contributed by atoms with Crippen molar-refractivity contribution in [1.29, 1.82) is 0 Å². The van der Waals surface area contributed by atoms with Gasteiger partial charge in [-0.3, -0.25) is 0 Å². The van der Waals surface area contributed by atoms with Crippen LogP contribution >= 0.6 is 15.9 Å². The minimum Gasteiger partial charge on any atom is -0.497 e. The summed E-state index contributed by atoms with van der Waals surface area (Å²) in [6.45, 7) is 2.83. The summed E-state index contributed by atoms with van der Waals surface area (Å²) in [7, 11) is 3.79. The van der Waals surface area contributed by atoms with Crippen LogP contribution in [0.2, 0.25) is 0 Å². The molecule has 1 saturated heterocycles. The molecule has 4 nitrogen and oxygen atoms in total. The zero-order valence-corrected chi connectivity index (χ0v) is 13.4. The topological polar surface area (TPSA) is 41.9 Å². The first kappa shape index (κ1) is 14.2. The van der Waals surface area contributed by atoms with Crippen LogP contribution in [0.3, 0.4) is 0 Å². The Morgan fingerprint density at radius 3 is 2.95 bits per heavy atom. The summed E-state index contributed by atoms with van der Waals surface area (Å²) < 4.78 is 12.3. The summed E-state index contributed by atoms with van der Waals surface area (Å²) in [5, 5.41) is 9.63. The predicted octanol–water partition coefficient (Wildman–Crippen LogP) is 2.10. The SMILES string of the molecule is COc1cc(Br)c2c(c1)[C@@H]1CN(C)C[C@H](CO)[C@H]1CO2. The van der Waals surface area contributed by atoms with Gasteiger partial charge in [0, 0.05) is 43.0 Å². The number of hydrogen-bond acceptors (Lipinski definition) is 4. The van der Waals surface area contributed by atoms with Gasteiger partial charge in [0.2, 0.25) is 0 Å². The van der Waals surface area contributed by atoms with Crippen molar-refractivity contribution in [2.75, 3.05) is 40.5 Å². The summed E-state index contributed by atoms with van der Waals surface area (Å²) in [6, 6.07) is 4.01. The van der Waals surface area contributed by atoms with E-state index in [9.17, 15) is 5.11 Å². The zero-order valence-electron chi connectivity index (χ0n) is 11.8. The molecule has 2 heterocycles. The van der Waals surface area contributed by atoms with Crippen LogP contribution in [0.1, 0.15) is 11.5 Å². The predicted molar refractivity (Wildman–Crippen MR) is 80.5 cm³/mol. The first-order valence-corrected chi connectivity index (χ1v) is 7.73. The highest BCUT2D eigenvalue weighted by Crippen LogP contribution is 2.47. The molecular weight excluding hydrogens is 322 g/mol. The number of halogens is 1. The Hall–Kier alpha value is -0.780. The highest BCUT2D eigenvalue weighted by molar-refractivity contribution is 9.10. The van der Waals surface area contributed by atoms with Crippen LogP contribution in [0.15, 0.2) is 16.6 Å². The maximum atomic E-state index is 9.63. The van der Waals surface area contributed by atoms with E-state index in [0.29, 0.717) is 18.4 Å². The number of rotatable bonds is 2. The Bertz CT molecular complexity index is 508. The highest BCUT2D eigenvalue weighted by atomic mass is 79.9. The van der Waals surface area contributed by atoms with Crippen molar-refractivity contribution in [2.24, 2.45) is 11.8 Å². The lowest BCUT2D eigenvalue weighted by molar-refractivity contribution is 0.0287. The van der Waals surface area contributed by atoms with Crippen molar-refractivity contribution in [3.05, 3.63) is 22.2 Å². The molecule has 0 unspecified atom stereocenters. The molecule has 2 aliphatic heterocycles. The molecule has 1 aromatic rings. The molecular formula is C15H20BrNO3. The molecule has 0 aliphatic carbocycles. The van der Waals surface area contributed by atoms with Crippen LogP contribution in [0.4, 0.5) is 0 Å². The molecule has 1 aromatic carbocycles. The van der Waals surface area contributed by atoms with Crippen molar-refractivity contribution in [1.82, 2.24) is 4.90 Å². The summed E-state index contributed by atoms with van der Waals surface area (Å²) in [4.78, 5) is 2.30. The number of nitrogens with zero attached hydrogens (tertiary/aromatic N) is 1. The number of aliphatic hydroxyl groups is 1. The second kappa shape index (κ2) is 5.54. The second-order valence-corrected chi connectivity index (χ2v) is 6.63. The van der Waals surface area contributed by atoms with E-state index in [-0.39, 0.29) is 12.5 Å². The van der Waals surface area contributed by atoms with E-state index in [4.69, 9.17) is 9.47 Å². The average Bonchev–Trinajstić information content (AvgIpc) is 2.46. The summed E-state index contributed by atoms with van der Waals surface area (Å²) >= 11 is 3.57. The Morgan fingerprint density at radius 2 is 2.25 bits per heavy atom. The standard InChI is InChI=1S/C15H20BrNO3/c1-17-5-9(7-18)13-8-20-15-11(12(13)6-17)3-10(19-2)4-14(15)16/h3-4,9,12-13,18H,5-8H2,1-2H3/t9-,12+,13-/m1/s1. The number of benzene rings is 1. The van der Waals surface area contributed by atoms with Gasteiger partial charge in [0.25, 0.3) is 0 Å². The van der Waals surface area contributed by atoms with Crippen LogP contribution in [-0.2, 0) is 0 Å². The third kappa shape index (κ3) is 2.32. The molecule has 0 aromatic heterocycles. The molecule has 0 amide bonds. The van der Waals surface area contributed by atoms with Crippen LogP contribution in [0, 0.1) is 11.8 Å². The molecule has 1 N–H and O–H groups in total. The van der Waals surface area contributed by atoms with Gasteiger partial charge in [-0.15, -0.1) is 0 Å². The molecule has 0 saturated carbocycles. The van der Waals surface area contributed by atoms with Crippen LogP contribution in [0.5, 0.6) is 11.5 Å². The Balaban J connectivity index is 2.02. The Kier molecular flexibility index (Phi) is 3.93. The van der Waals surface area contributed by atoms with Gasteiger partial charge in [-0.25, -0.2) is 0 Å². The van der Waals surface area contributed by atoms with Crippen molar-refractivity contribution >= 4 is 15.9 Å². The number of fused-ring (bicyclic) bond motifs is 3. The van der Waals surface area contributed by atoms with E-state index >= 15 is 0 Å². The third-order valence-corrected chi connectivity index (χ3v) is 5.10. The van der Waals surface area contributed by atoms with E-state index in [0.717, 1.165) is 29.1 Å². The van der Waals surface area contributed by atoms with Gasteiger partial charge in [-0.1, -0.05) is 0 Å². The van der Waals surface area contributed by atoms with Gasteiger partial charge < -0.3 is 19.5 Å². The van der Waals surface area contributed by atoms with E-state index in [1.807, 2.05) is 6.07 Å². The van der Waals surface area contributed by atoms with Gasteiger partial charge in [0.15, 0.2) is 0 Å². The number of piperidine rings is 1. The van der Waals surface area contributed by atoms with Crippen molar-refractivity contribution in [3.8, 4) is 11.5 Å². The van der Waals surface area contributed by atoms with E-state index in [1.165, 1.54) is 5.56 Å². The number of methoxy groups -OCH3 is 1. The lowest BCUT2D eigenvalue weighted by Gasteiger charge is -2.45.